The Labute approximate surface area is 109 Å². The largest absolute Gasteiger partial charge is 0.369 e. The zero-order chi connectivity index (χ0) is 13.1. The van der Waals surface area contributed by atoms with Crippen molar-refractivity contribution in [2.24, 2.45) is 5.73 Å². The van der Waals surface area contributed by atoms with Gasteiger partial charge < -0.3 is 5.73 Å². The normalized spacial score (nSPS) is 10.3. The Morgan fingerprint density at radius 1 is 1.17 bits per heavy atom. The van der Waals surface area contributed by atoms with Gasteiger partial charge in [0.05, 0.1) is 6.42 Å². The minimum absolute atomic E-state index is 0.100. The van der Waals surface area contributed by atoms with E-state index in [2.05, 4.69) is 0 Å². The van der Waals surface area contributed by atoms with Gasteiger partial charge in [0.15, 0.2) is 0 Å². The topological polar surface area (TPSA) is 43.1 Å². The van der Waals surface area contributed by atoms with Crippen molar-refractivity contribution in [3.8, 4) is 11.1 Å². The van der Waals surface area contributed by atoms with Crippen molar-refractivity contribution in [2.75, 3.05) is 0 Å². The molecule has 0 saturated carbocycles. The van der Waals surface area contributed by atoms with Crippen LogP contribution >= 0.6 is 11.6 Å². The van der Waals surface area contributed by atoms with Gasteiger partial charge in [-0.05, 0) is 29.3 Å². The summed E-state index contributed by atoms with van der Waals surface area (Å²) in [5.74, 6) is -0.807. The van der Waals surface area contributed by atoms with Crippen molar-refractivity contribution in [2.45, 2.75) is 6.42 Å². The molecule has 0 unspecified atom stereocenters. The van der Waals surface area contributed by atoms with Crippen LogP contribution in [0, 0.1) is 5.82 Å². The van der Waals surface area contributed by atoms with E-state index in [-0.39, 0.29) is 12.2 Å². The summed E-state index contributed by atoms with van der Waals surface area (Å²) in [6, 6.07) is 11.3. The van der Waals surface area contributed by atoms with Gasteiger partial charge in [-0.2, -0.15) is 0 Å². The quantitative estimate of drug-likeness (QED) is 0.908. The standard InChI is InChI=1S/C14H11ClFNO/c15-13-6-5-10(16)8-12(13)11-4-2-1-3-9(11)7-14(17)18/h1-6,8H,7H2,(H2,17,18). The summed E-state index contributed by atoms with van der Waals surface area (Å²) in [4.78, 5) is 11.0. The van der Waals surface area contributed by atoms with E-state index in [1.54, 1.807) is 24.3 Å². The van der Waals surface area contributed by atoms with Crippen molar-refractivity contribution in [1.82, 2.24) is 0 Å². The maximum atomic E-state index is 13.3. The number of amides is 1. The number of hydrogen-bond acceptors (Lipinski definition) is 1. The molecule has 0 radical (unpaired) electrons. The Kier molecular flexibility index (Phi) is 3.63. The Bertz CT molecular complexity index is 598. The van der Waals surface area contributed by atoms with E-state index < -0.39 is 5.91 Å². The smallest absolute Gasteiger partial charge is 0.221 e. The predicted molar refractivity (Wildman–Crippen MR) is 69.7 cm³/mol. The van der Waals surface area contributed by atoms with Crippen LogP contribution in [0.25, 0.3) is 11.1 Å². The summed E-state index contributed by atoms with van der Waals surface area (Å²) in [5.41, 5.74) is 7.21. The lowest BCUT2D eigenvalue weighted by Gasteiger charge is -2.10. The fourth-order valence-corrected chi connectivity index (χ4v) is 2.05. The van der Waals surface area contributed by atoms with Crippen molar-refractivity contribution >= 4 is 17.5 Å². The molecule has 0 bridgehead atoms. The first-order valence-corrected chi connectivity index (χ1v) is 5.77. The molecule has 4 heteroatoms. The Balaban J connectivity index is 2.56. The lowest BCUT2D eigenvalue weighted by atomic mass is 9.97. The molecule has 0 fully saturated rings. The second-order valence-electron chi connectivity index (χ2n) is 3.92. The van der Waals surface area contributed by atoms with Crippen LogP contribution in [-0.2, 0) is 11.2 Å². The van der Waals surface area contributed by atoms with Crippen LogP contribution in [0.1, 0.15) is 5.56 Å². The zero-order valence-corrected chi connectivity index (χ0v) is 10.2. The van der Waals surface area contributed by atoms with Gasteiger partial charge in [0.25, 0.3) is 0 Å². The summed E-state index contributed by atoms with van der Waals surface area (Å²) in [6.07, 6.45) is 0.100. The van der Waals surface area contributed by atoms with Crippen LogP contribution in [0.2, 0.25) is 5.02 Å². The van der Waals surface area contributed by atoms with Crippen LogP contribution in [0.15, 0.2) is 42.5 Å². The van der Waals surface area contributed by atoms with Gasteiger partial charge in [-0.3, -0.25) is 4.79 Å². The highest BCUT2D eigenvalue weighted by atomic mass is 35.5. The van der Waals surface area contributed by atoms with E-state index in [9.17, 15) is 9.18 Å². The molecule has 2 aromatic rings. The molecule has 18 heavy (non-hydrogen) atoms. The average molecular weight is 264 g/mol. The first kappa shape index (κ1) is 12.6. The van der Waals surface area contributed by atoms with Crippen LogP contribution in [0.5, 0.6) is 0 Å². The van der Waals surface area contributed by atoms with Crippen LogP contribution < -0.4 is 5.73 Å². The summed E-state index contributed by atoms with van der Waals surface area (Å²) in [5, 5.41) is 0.438. The summed E-state index contributed by atoms with van der Waals surface area (Å²) < 4.78 is 13.3. The van der Waals surface area contributed by atoms with E-state index in [0.29, 0.717) is 10.6 Å². The van der Waals surface area contributed by atoms with Gasteiger partial charge in [0.1, 0.15) is 5.82 Å². The molecule has 0 aromatic heterocycles. The van der Waals surface area contributed by atoms with Crippen LogP contribution in [-0.4, -0.2) is 5.91 Å². The second kappa shape index (κ2) is 5.19. The molecular weight excluding hydrogens is 253 g/mol. The number of nitrogens with two attached hydrogens (primary N) is 1. The molecule has 92 valence electrons. The molecule has 0 aliphatic rings. The fraction of sp³-hybridized carbons (Fsp3) is 0.0714. The van der Waals surface area contributed by atoms with E-state index in [1.807, 2.05) is 0 Å². The van der Waals surface area contributed by atoms with Gasteiger partial charge in [-0.25, -0.2) is 4.39 Å². The molecule has 0 aliphatic heterocycles. The molecule has 2 rings (SSSR count). The van der Waals surface area contributed by atoms with Crippen LogP contribution in [0.4, 0.5) is 4.39 Å². The first-order valence-electron chi connectivity index (χ1n) is 5.39. The molecule has 2 nitrogen and oxygen atoms in total. The molecule has 2 aromatic carbocycles. The number of rotatable bonds is 3. The molecule has 0 saturated heterocycles. The van der Waals surface area contributed by atoms with E-state index in [0.717, 1.165) is 11.1 Å². The van der Waals surface area contributed by atoms with Crippen LogP contribution in [0.3, 0.4) is 0 Å². The molecule has 0 heterocycles. The minimum atomic E-state index is -0.435. The number of carbonyl (C=O) groups is 1. The lowest BCUT2D eigenvalue weighted by molar-refractivity contribution is -0.117. The molecule has 1 amide bonds. The highest BCUT2D eigenvalue weighted by Gasteiger charge is 2.10. The van der Waals surface area contributed by atoms with Crippen molar-refractivity contribution in [3.05, 3.63) is 58.9 Å². The fourth-order valence-electron chi connectivity index (χ4n) is 1.83. The van der Waals surface area contributed by atoms with Gasteiger partial charge in [0.2, 0.25) is 5.91 Å². The number of hydrogen-bond donors (Lipinski definition) is 1. The lowest BCUT2D eigenvalue weighted by Crippen LogP contribution is -2.14. The first-order chi connectivity index (χ1) is 8.58. The molecule has 2 N–H and O–H groups in total. The highest BCUT2D eigenvalue weighted by Crippen LogP contribution is 2.31. The monoisotopic (exact) mass is 263 g/mol. The summed E-state index contributed by atoms with van der Waals surface area (Å²) >= 11 is 6.06. The average Bonchev–Trinajstić information content (AvgIpc) is 2.32. The second-order valence-corrected chi connectivity index (χ2v) is 4.33. The number of primary amides is 1. The van der Waals surface area contributed by atoms with Crippen molar-refractivity contribution in [3.63, 3.8) is 0 Å². The summed E-state index contributed by atoms with van der Waals surface area (Å²) in [6.45, 7) is 0. The maximum Gasteiger partial charge on any atom is 0.221 e. The van der Waals surface area contributed by atoms with Gasteiger partial charge in [-0.1, -0.05) is 35.9 Å². The number of halogens is 2. The maximum absolute atomic E-state index is 13.3. The minimum Gasteiger partial charge on any atom is -0.369 e. The highest BCUT2D eigenvalue weighted by molar-refractivity contribution is 6.33. The van der Waals surface area contributed by atoms with Gasteiger partial charge in [0, 0.05) is 10.6 Å². The Hall–Kier alpha value is -1.87. The van der Waals surface area contributed by atoms with E-state index >= 15 is 0 Å². The predicted octanol–water partition coefficient (Wildman–Crippen LogP) is 3.17. The molecule has 0 aliphatic carbocycles. The summed E-state index contributed by atoms with van der Waals surface area (Å²) in [7, 11) is 0. The SMILES string of the molecule is NC(=O)Cc1ccccc1-c1cc(F)ccc1Cl. The third-order valence-corrected chi connectivity index (χ3v) is 2.93. The van der Waals surface area contributed by atoms with Crippen molar-refractivity contribution < 1.29 is 9.18 Å². The van der Waals surface area contributed by atoms with Gasteiger partial charge >= 0.3 is 0 Å². The third-order valence-electron chi connectivity index (χ3n) is 2.60. The number of benzene rings is 2. The molecule has 0 atom stereocenters. The van der Waals surface area contributed by atoms with Crippen molar-refractivity contribution in [1.29, 1.82) is 0 Å². The Morgan fingerprint density at radius 3 is 2.61 bits per heavy atom. The third kappa shape index (κ3) is 2.68. The zero-order valence-electron chi connectivity index (χ0n) is 9.49. The van der Waals surface area contributed by atoms with Gasteiger partial charge in [-0.15, -0.1) is 0 Å². The molecular formula is C14H11ClFNO. The van der Waals surface area contributed by atoms with E-state index in [4.69, 9.17) is 17.3 Å². The Morgan fingerprint density at radius 2 is 1.89 bits per heavy atom. The number of carbonyl (C=O) groups excluding carboxylic acids is 1. The van der Waals surface area contributed by atoms with E-state index in [1.165, 1.54) is 18.2 Å². The molecule has 0 spiro atoms.